The van der Waals surface area contributed by atoms with Crippen LogP contribution in [0.3, 0.4) is 0 Å². The van der Waals surface area contributed by atoms with Crippen molar-refractivity contribution in [3.05, 3.63) is 34.6 Å². The van der Waals surface area contributed by atoms with Gasteiger partial charge in [0.15, 0.2) is 0 Å². The Morgan fingerprint density at radius 3 is 2.71 bits per heavy atom. The zero-order valence-electron chi connectivity index (χ0n) is 12.7. The molecular formula is C15H14Cl2N2O4S. The molecule has 3 rings (SSSR count). The largest absolute Gasteiger partial charge is 0.466 e. The lowest BCUT2D eigenvalue weighted by molar-refractivity contribution is -0.151. The Morgan fingerprint density at radius 2 is 2.04 bits per heavy atom. The molecule has 9 heteroatoms. The lowest BCUT2D eigenvalue weighted by Gasteiger charge is -2.36. The van der Waals surface area contributed by atoms with Gasteiger partial charge in [-0.3, -0.25) is 4.79 Å². The second kappa shape index (κ2) is 6.48. The van der Waals surface area contributed by atoms with Crippen molar-refractivity contribution in [2.24, 2.45) is 5.92 Å². The molecule has 128 valence electrons. The van der Waals surface area contributed by atoms with E-state index in [1.165, 1.54) is 22.6 Å². The van der Waals surface area contributed by atoms with Crippen molar-refractivity contribution in [2.45, 2.75) is 11.8 Å². The molecule has 1 saturated heterocycles. The molecule has 1 aromatic carbocycles. The molecule has 24 heavy (non-hydrogen) atoms. The number of sulfonamides is 1. The first kappa shape index (κ1) is 17.4. The van der Waals surface area contributed by atoms with Gasteiger partial charge in [-0.1, -0.05) is 29.3 Å². The first-order valence-corrected chi connectivity index (χ1v) is 9.44. The van der Waals surface area contributed by atoms with Crippen molar-refractivity contribution in [1.29, 1.82) is 0 Å². The summed E-state index contributed by atoms with van der Waals surface area (Å²) in [7, 11) is -3.71. The number of hydrogen-bond acceptors (Lipinski definition) is 5. The topological polar surface area (TPSA) is 76.6 Å². The highest BCUT2D eigenvalue weighted by Gasteiger charge is 2.41. The third-order valence-corrected chi connectivity index (χ3v) is 6.30. The van der Waals surface area contributed by atoms with E-state index in [4.69, 9.17) is 27.9 Å². The highest BCUT2D eigenvalue weighted by Crippen LogP contribution is 2.32. The van der Waals surface area contributed by atoms with Crippen LogP contribution in [0.5, 0.6) is 0 Å². The third-order valence-electron chi connectivity index (χ3n) is 3.87. The summed E-state index contributed by atoms with van der Waals surface area (Å²) < 4.78 is 31.5. The van der Waals surface area contributed by atoms with Crippen LogP contribution in [0.1, 0.15) is 6.92 Å². The summed E-state index contributed by atoms with van der Waals surface area (Å²) in [5, 5.41) is 1.67. The zero-order chi connectivity index (χ0) is 17.5. The second-order valence-electron chi connectivity index (χ2n) is 5.38. The van der Waals surface area contributed by atoms with E-state index in [1.54, 1.807) is 13.0 Å². The maximum atomic E-state index is 12.7. The standard InChI is InChI=1S/C15H14Cl2N2O4S/c1-2-23-15(20)9-7-19(8-9)24(21,22)10-3-4-11-12(5-10)14(17)18-6-13(11)16/h3-6,9H,2,7-8H2,1H3. The van der Waals surface area contributed by atoms with Crippen LogP contribution in [0, 0.1) is 5.92 Å². The van der Waals surface area contributed by atoms with E-state index >= 15 is 0 Å². The summed E-state index contributed by atoms with van der Waals surface area (Å²) in [4.78, 5) is 15.6. The molecule has 1 aromatic heterocycles. The summed E-state index contributed by atoms with van der Waals surface area (Å²) in [6.45, 7) is 2.21. The fourth-order valence-electron chi connectivity index (χ4n) is 2.51. The highest BCUT2D eigenvalue weighted by molar-refractivity contribution is 7.89. The van der Waals surface area contributed by atoms with Crippen molar-refractivity contribution >= 4 is 50.0 Å². The fourth-order valence-corrected chi connectivity index (χ4v) is 4.48. The first-order valence-electron chi connectivity index (χ1n) is 7.25. The number of halogens is 2. The molecule has 1 fully saturated rings. The van der Waals surface area contributed by atoms with Gasteiger partial charge in [0.25, 0.3) is 0 Å². The van der Waals surface area contributed by atoms with Crippen LogP contribution in [-0.2, 0) is 19.6 Å². The van der Waals surface area contributed by atoms with Crippen molar-refractivity contribution in [3.63, 3.8) is 0 Å². The predicted molar refractivity (Wildman–Crippen MR) is 90.6 cm³/mol. The van der Waals surface area contributed by atoms with Crippen LogP contribution >= 0.6 is 23.2 Å². The van der Waals surface area contributed by atoms with Crippen LogP contribution in [0.4, 0.5) is 0 Å². The minimum Gasteiger partial charge on any atom is -0.466 e. The maximum Gasteiger partial charge on any atom is 0.311 e. The van der Waals surface area contributed by atoms with Gasteiger partial charge < -0.3 is 4.74 Å². The molecule has 0 amide bonds. The number of rotatable bonds is 4. The van der Waals surface area contributed by atoms with Gasteiger partial charge in [-0.15, -0.1) is 0 Å². The Hall–Kier alpha value is -1.41. The Bertz CT molecular complexity index is 911. The molecule has 0 N–H and O–H groups in total. The van der Waals surface area contributed by atoms with Crippen LogP contribution < -0.4 is 0 Å². The van der Waals surface area contributed by atoms with Gasteiger partial charge in [-0.25, -0.2) is 13.4 Å². The number of hydrogen-bond donors (Lipinski definition) is 0. The number of nitrogens with zero attached hydrogens (tertiary/aromatic N) is 2. The molecule has 1 aliphatic heterocycles. The van der Waals surface area contributed by atoms with E-state index in [0.717, 1.165) is 0 Å². The lowest BCUT2D eigenvalue weighted by Crippen LogP contribution is -2.53. The average molecular weight is 389 g/mol. The Morgan fingerprint density at radius 1 is 1.33 bits per heavy atom. The number of carbonyl (C=O) groups is 1. The summed E-state index contributed by atoms with van der Waals surface area (Å²) in [6, 6.07) is 4.52. The Labute approximate surface area is 149 Å². The van der Waals surface area contributed by atoms with Gasteiger partial charge in [-0.05, 0) is 19.1 Å². The maximum absolute atomic E-state index is 12.7. The average Bonchev–Trinajstić information content (AvgIpc) is 2.49. The van der Waals surface area contributed by atoms with Gasteiger partial charge in [0.2, 0.25) is 10.0 Å². The molecule has 0 spiro atoms. The summed E-state index contributed by atoms with van der Waals surface area (Å²) in [6.07, 6.45) is 1.42. The summed E-state index contributed by atoms with van der Waals surface area (Å²) in [5.74, 6) is -0.790. The van der Waals surface area contributed by atoms with Crippen molar-refractivity contribution in [2.75, 3.05) is 19.7 Å². The van der Waals surface area contributed by atoms with E-state index in [9.17, 15) is 13.2 Å². The van der Waals surface area contributed by atoms with Gasteiger partial charge in [0.05, 0.1) is 22.4 Å². The SMILES string of the molecule is CCOC(=O)C1CN(S(=O)(=O)c2ccc3c(Cl)cnc(Cl)c3c2)C1. The smallest absolute Gasteiger partial charge is 0.311 e. The van der Waals surface area contributed by atoms with Gasteiger partial charge >= 0.3 is 5.97 Å². The van der Waals surface area contributed by atoms with Crippen LogP contribution in [0.2, 0.25) is 10.2 Å². The number of fused-ring (bicyclic) bond motifs is 1. The number of esters is 1. The van der Waals surface area contributed by atoms with Crippen LogP contribution in [0.15, 0.2) is 29.3 Å². The van der Waals surface area contributed by atoms with Gasteiger partial charge in [0.1, 0.15) is 5.15 Å². The molecular weight excluding hydrogens is 375 g/mol. The lowest BCUT2D eigenvalue weighted by atomic mass is 10.0. The zero-order valence-corrected chi connectivity index (χ0v) is 15.0. The Balaban J connectivity index is 1.88. The van der Waals surface area contributed by atoms with E-state index in [2.05, 4.69) is 4.98 Å². The molecule has 0 radical (unpaired) electrons. The molecule has 0 bridgehead atoms. The third kappa shape index (κ3) is 2.97. The first-order chi connectivity index (χ1) is 11.3. The van der Waals surface area contributed by atoms with E-state index in [-0.39, 0.29) is 35.7 Å². The van der Waals surface area contributed by atoms with Gasteiger partial charge in [0, 0.05) is 30.1 Å². The normalized spacial score (nSPS) is 16.1. The highest BCUT2D eigenvalue weighted by atomic mass is 35.5. The molecule has 6 nitrogen and oxygen atoms in total. The number of aromatic nitrogens is 1. The summed E-state index contributed by atoms with van der Waals surface area (Å²) in [5.41, 5.74) is 0. The number of ether oxygens (including phenoxy) is 1. The van der Waals surface area contributed by atoms with Gasteiger partial charge in [-0.2, -0.15) is 4.31 Å². The molecule has 0 saturated carbocycles. The van der Waals surface area contributed by atoms with Crippen LogP contribution in [0.25, 0.3) is 10.8 Å². The fraction of sp³-hybridized carbons (Fsp3) is 0.333. The Kier molecular flexibility index (Phi) is 4.70. The monoisotopic (exact) mass is 388 g/mol. The van der Waals surface area contributed by atoms with Crippen molar-refractivity contribution < 1.29 is 17.9 Å². The van der Waals surface area contributed by atoms with E-state index in [1.807, 2.05) is 0 Å². The van der Waals surface area contributed by atoms with Crippen molar-refractivity contribution in [3.8, 4) is 0 Å². The number of carbonyl (C=O) groups excluding carboxylic acids is 1. The molecule has 1 aliphatic rings. The minimum atomic E-state index is -3.71. The second-order valence-corrected chi connectivity index (χ2v) is 8.08. The molecule has 0 aliphatic carbocycles. The molecule has 2 aromatic rings. The summed E-state index contributed by atoms with van der Waals surface area (Å²) >= 11 is 12.1. The van der Waals surface area contributed by atoms with E-state index in [0.29, 0.717) is 15.8 Å². The van der Waals surface area contributed by atoms with E-state index < -0.39 is 15.9 Å². The molecule has 0 unspecified atom stereocenters. The molecule has 0 atom stereocenters. The van der Waals surface area contributed by atoms with Crippen LogP contribution in [-0.4, -0.2) is 43.4 Å². The quantitative estimate of drug-likeness (QED) is 0.594. The number of benzene rings is 1. The van der Waals surface area contributed by atoms with Crippen molar-refractivity contribution in [1.82, 2.24) is 9.29 Å². The minimum absolute atomic E-state index is 0.0864. The number of pyridine rings is 1. The molecule has 2 heterocycles. The predicted octanol–water partition coefficient (Wildman–Crippen LogP) is 2.73.